The van der Waals surface area contributed by atoms with E-state index in [9.17, 15) is 10.2 Å². The lowest BCUT2D eigenvalue weighted by atomic mass is 9.77. The van der Waals surface area contributed by atoms with Crippen LogP contribution >= 0.6 is 0 Å². The third-order valence-electron chi connectivity index (χ3n) is 4.67. The molecule has 4 unspecified atom stereocenters. The Kier molecular flexibility index (Phi) is 6.07. The Bertz CT molecular complexity index is 262. The Hall–Kier alpha value is -0.160. The average Bonchev–Trinajstić information content (AvgIpc) is 2.43. The minimum atomic E-state index is -0.136. The van der Waals surface area contributed by atoms with E-state index in [1.807, 2.05) is 0 Å². The van der Waals surface area contributed by atoms with Crippen molar-refractivity contribution in [3.8, 4) is 0 Å². The molecular weight excluding hydrogens is 242 g/mol. The molecule has 4 heteroatoms. The molecule has 0 spiro atoms. The summed E-state index contributed by atoms with van der Waals surface area (Å²) in [6, 6.07) is 0. The molecule has 1 heterocycles. The van der Waals surface area contributed by atoms with Crippen LogP contribution in [0.1, 0.15) is 39.0 Å². The van der Waals surface area contributed by atoms with E-state index in [4.69, 9.17) is 4.74 Å². The third kappa shape index (κ3) is 4.42. The molecule has 2 rings (SSSR count). The van der Waals surface area contributed by atoms with E-state index in [0.29, 0.717) is 12.5 Å². The van der Waals surface area contributed by atoms with E-state index < -0.39 is 0 Å². The van der Waals surface area contributed by atoms with Crippen molar-refractivity contribution in [2.45, 2.75) is 51.2 Å². The number of hydrogen-bond acceptors (Lipinski definition) is 4. The van der Waals surface area contributed by atoms with E-state index >= 15 is 0 Å². The molecule has 112 valence electrons. The van der Waals surface area contributed by atoms with Crippen LogP contribution in [0.3, 0.4) is 0 Å². The summed E-state index contributed by atoms with van der Waals surface area (Å²) >= 11 is 0. The van der Waals surface area contributed by atoms with Crippen molar-refractivity contribution in [2.75, 3.05) is 32.8 Å². The lowest BCUT2D eigenvalue weighted by Gasteiger charge is -2.39. The Morgan fingerprint density at radius 1 is 1.32 bits per heavy atom. The van der Waals surface area contributed by atoms with Crippen molar-refractivity contribution >= 4 is 0 Å². The monoisotopic (exact) mass is 271 g/mol. The molecule has 2 N–H and O–H groups in total. The highest BCUT2D eigenvalue weighted by molar-refractivity contribution is 4.83. The molecule has 2 fully saturated rings. The van der Waals surface area contributed by atoms with Gasteiger partial charge in [0.15, 0.2) is 0 Å². The first-order chi connectivity index (χ1) is 9.22. The molecule has 1 saturated heterocycles. The Morgan fingerprint density at radius 3 is 2.89 bits per heavy atom. The number of aliphatic hydroxyl groups is 2. The van der Waals surface area contributed by atoms with Gasteiger partial charge in [0.2, 0.25) is 0 Å². The maximum absolute atomic E-state index is 10.2. The molecule has 2 aliphatic rings. The molecule has 1 aliphatic heterocycles. The fourth-order valence-corrected chi connectivity index (χ4v) is 3.60. The molecule has 1 aliphatic carbocycles. The van der Waals surface area contributed by atoms with Crippen LogP contribution < -0.4 is 0 Å². The van der Waals surface area contributed by atoms with Gasteiger partial charge in [0.1, 0.15) is 0 Å². The molecule has 0 bridgehead atoms. The minimum absolute atomic E-state index is 0.0408. The second-order valence-corrected chi connectivity index (χ2v) is 6.23. The highest BCUT2D eigenvalue weighted by atomic mass is 16.5. The predicted octanol–water partition coefficient (Wildman–Crippen LogP) is 1.26. The van der Waals surface area contributed by atoms with Gasteiger partial charge in [0.05, 0.1) is 25.4 Å². The topological polar surface area (TPSA) is 52.9 Å². The predicted molar refractivity (Wildman–Crippen MR) is 75.0 cm³/mol. The van der Waals surface area contributed by atoms with Gasteiger partial charge < -0.3 is 14.9 Å². The first-order valence-electron chi connectivity index (χ1n) is 7.85. The van der Waals surface area contributed by atoms with Gasteiger partial charge in [-0.2, -0.15) is 0 Å². The summed E-state index contributed by atoms with van der Waals surface area (Å²) in [6.45, 7) is 5.74. The quantitative estimate of drug-likeness (QED) is 0.790. The van der Waals surface area contributed by atoms with Crippen molar-refractivity contribution in [3.05, 3.63) is 0 Å². The molecule has 0 aromatic heterocycles. The molecule has 0 radical (unpaired) electrons. The van der Waals surface area contributed by atoms with Crippen LogP contribution in [0.25, 0.3) is 0 Å². The van der Waals surface area contributed by atoms with E-state index in [1.54, 1.807) is 0 Å². The molecule has 0 amide bonds. The Morgan fingerprint density at radius 2 is 2.16 bits per heavy atom. The van der Waals surface area contributed by atoms with Crippen molar-refractivity contribution in [1.82, 2.24) is 4.90 Å². The van der Waals surface area contributed by atoms with Crippen molar-refractivity contribution in [3.63, 3.8) is 0 Å². The van der Waals surface area contributed by atoms with Gasteiger partial charge in [-0.1, -0.05) is 19.8 Å². The van der Waals surface area contributed by atoms with Crippen molar-refractivity contribution < 1.29 is 14.9 Å². The number of morpholine rings is 1. The maximum Gasteiger partial charge on any atom is 0.0932 e. The third-order valence-corrected chi connectivity index (χ3v) is 4.67. The van der Waals surface area contributed by atoms with Crippen LogP contribution in [0.2, 0.25) is 0 Å². The molecule has 1 saturated carbocycles. The van der Waals surface area contributed by atoms with Crippen molar-refractivity contribution in [2.24, 2.45) is 11.8 Å². The van der Waals surface area contributed by atoms with E-state index in [1.165, 1.54) is 19.3 Å². The Labute approximate surface area is 116 Å². The highest BCUT2D eigenvalue weighted by Gasteiger charge is 2.31. The summed E-state index contributed by atoms with van der Waals surface area (Å²) in [5.41, 5.74) is 0. The van der Waals surface area contributed by atoms with Crippen molar-refractivity contribution in [1.29, 1.82) is 0 Å². The number of nitrogens with zero attached hydrogens (tertiary/aromatic N) is 1. The van der Waals surface area contributed by atoms with E-state index in [-0.39, 0.29) is 18.8 Å². The summed E-state index contributed by atoms with van der Waals surface area (Å²) < 4.78 is 5.48. The summed E-state index contributed by atoms with van der Waals surface area (Å²) in [4.78, 5) is 2.35. The lowest BCUT2D eigenvalue weighted by Crippen LogP contribution is -2.48. The van der Waals surface area contributed by atoms with Gasteiger partial charge in [-0.05, 0) is 31.1 Å². The average molecular weight is 271 g/mol. The second kappa shape index (κ2) is 7.58. The van der Waals surface area contributed by atoms with Gasteiger partial charge in [-0.3, -0.25) is 4.90 Å². The van der Waals surface area contributed by atoms with Crippen LogP contribution in [-0.2, 0) is 4.74 Å². The van der Waals surface area contributed by atoms with Crippen LogP contribution in [0.4, 0.5) is 0 Å². The van der Waals surface area contributed by atoms with Crippen LogP contribution in [0, 0.1) is 11.8 Å². The number of aliphatic hydroxyl groups excluding tert-OH is 2. The van der Waals surface area contributed by atoms with Gasteiger partial charge >= 0.3 is 0 Å². The smallest absolute Gasteiger partial charge is 0.0932 e. The first-order valence-corrected chi connectivity index (χ1v) is 7.85. The number of hydrogen-bond donors (Lipinski definition) is 2. The minimum Gasteiger partial charge on any atom is -0.394 e. The van der Waals surface area contributed by atoms with Gasteiger partial charge in [0, 0.05) is 19.6 Å². The standard InChI is InChI=1S/C15H29NO3/c1-2-3-12-4-5-15(18)13(8-12)9-16-6-7-19-14(10-16)11-17/h12-15,17-18H,2-11H2,1H3. The van der Waals surface area contributed by atoms with Crippen LogP contribution in [-0.4, -0.2) is 60.2 Å². The first kappa shape index (κ1) is 15.2. The van der Waals surface area contributed by atoms with Crippen LogP contribution in [0.15, 0.2) is 0 Å². The zero-order valence-corrected chi connectivity index (χ0v) is 12.1. The zero-order valence-electron chi connectivity index (χ0n) is 12.1. The maximum atomic E-state index is 10.2. The molecule has 4 nitrogen and oxygen atoms in total. The van der Waals surface area contributed by atoms with E-state index in [2.05, 4.69) is 11.8 Å². The van der Waals surface area contributed by atoms with Gasteiger partial charge in [0.25, 0.3) is 0 Å². The molecule has 0 aromatic rings. The largest absolute Gasteiger partial charge is 0.394 e. The fraction of sp³-hybridized carbons (Fsp3) is 1.00. The molecule has 0 aromatic carbocycles. The summed E-state index contributed by atoms with van der Waals surface area (Å²) in [6.07, 6.45) is 5.68. The molecular formula is C15H29NO3. The Balaban J connectivity index is 1.82. The fourth-order valence-electron chi connectivity index (χ4n) is 3.60. The number of rotatable bonds is 5. The van der Waals surface area contributed by atoms with Crippen LogP contribution in [0.5, 0.6) is 0 Å². The SMILES string of the molecule is CCCC1CCC(O)C(CN2CCOC(CO)C2)C1. The summed E-state index contributed by atoms with van der Waals surface area (Å²) in [5.74, 6) is 1.20. The number of ether oxygens (including phenoxy) is 1. The molecule has 4 atom stereocenters. The van der Waals surface area contributed by atoms with E-state index in [0.717, 1.165) is 38.4 Å². The highest BCUT2D eigenvalue weighted by Crippen LogP contribution is 2.32. The normalized spacial score (nSPS) is 37.4. The lowest BCUT2D eigenvalue weighted by molar-refractivity contribution is -0.0663. The summed E-state index contributed by atoms with van der Waals surface area (Å²) in [5, 5.41) is 19.4. The van der Waals surface area contributed by atoms with Gasteiger partial charge in [-0.15, -0.1) is 0 Å². The van der Waals surface area contributed by atoms with Gasteiger partial charge in [-0.25, -0.2) is 0 Å². The zero-order chi connectivity index (χ0) is 13.7. The second-order valence-electron chi connectivity index (χ2n) is 6.23. The summed E-state index contributed by atoms with van der Waals surface area (Å²) in [7, 11) is 0. The molecule has 19 heavy (non-hydrogen) atoms.